The van der Waals surface area contributed by atoms with E-state index in [-0.39, 0.29) is 25.9 Å². The Labute approximate surface area is 59.1 Å². The Morgan fingerprint density at radius 2 is 1.80 bits per heavy atom. The van der Waals surface area contributed by atoms with Gasteiger partial charge in [0.15, 0.2) is 0 Å². The van der Waals surface area contributed by atoms with Crippen LogP contribution in [0, 0.1) is 0 Å². The van der Waals surface area contributed by atoms with E-state index in [9.17, 15) is 0 Å². The van der Waals surface area contributed by atoms with Crippen LogP contribution in [0.2, 0.25) is 0 Å². The van der Waals surface area contributed by atoms with Crippen LogP contribution in [-0.4, -0.2) is 46.8 Å². The van der Waals surface area contributed by atoms with Gasteiger partial charge in [-0.05, 0) is 0 Å². The van der Waals surface area contributed by atoms with Crippen LogP contribution in [0.15, 0.2) is 0 Å². The topological polar surface area (TPSA) is 69.9 Å². The quantitative estimate of drug-likeness (QED) is 0.455. The van der Waals surface area contributed by atoms with Crippen molar-refractivity contribution >= 4 is 0 Å². The van der Waals surface area contributed by atoms with Gasteiger partial charge >= 0.3 is 0 Å². The Kier molecular flexibility index (Phi) is 2.25. The summed E-state index contributed by atoms with van der Waals surface area (Å²) in [5.74, 6) is 0. The molecule has 1 saturated heterocycles. The van der Waals surface area contributed by atoms with Crippen molar-refractivity contribution < 1.29 is 20.1 Å². The molecule has 0 bridgehead atoms. The number of hydrogen-bond donors (Lipinski definition) is 3. The van der Waals surface area contributed by atoms with E-state index >= 15 is 0 Å². The van der Waals surface area contributed by atoms with Crippen LogP contribution in [0.3, 0.4) is 0 Å². The van der Waals surface area contributed by atoms with Gasteiger partial charge in [-0.25, -0.2) is 0 Å². The first-order valence-electron chi connectivity index (χ1n) is 3.27. The number of aliphatic hydroxyl groups is 3. The molecule has 0 aliphatic carbocycles. The van der Waals surface area contributed by atoms with E-state index in [0.717, 1.165) is 0 Å². The number of aliphatic hydroxyl groups excluding tert-OH is 3. The first kappa shape index (κ1) is 7.94. The molecular weight excluding hydrogens is 136 g/mol. The maximum absolute atomic E-state index is 8.68. The minimum Gasteiger partial charge on any atom is -0.394 e. The molecule has 0 amide bonds. The van der Waals surface area contributed by atoms with E-state index < -0.39 is 5.60 Å². The van der Waals surface area contributed by atoms with Crippen LogP contribution in [0.1, 0.15) is 6.42 Å². The SMILES string of the molecule is OCC1CC(CO)(CO)O1. The lowest BCUT2D eigenvalue weighted by Crippen LogP contribution is -2.56. The molecule has 1 unspecified atom stereocenters. The third-order valence-corrected chi connectivity index (χ3v) is 1.80. The summed E-state index contributed by atoms with van der Waals surface area (Å²) < 4.78 is 5.02. The molecule has 1 aliphatic rings. The summed E-state index contributed by atoms with van der Waals surface area (Å²) in [5, 5.41) is 25.9. The van der Waals surface area contributed by atoms with Crippen molar-refractivity contribution in [1.82, 2.24) is 0 Å². The van der Waals surface area contributed by atoms with Gasteiger partial charge in [-0.3, -0.25) is 0 Å². The highest BCUT2D eigenvalue weighted by atomic mass is 16.6. The van der Waals surface area contributed by atoms with Crippen LogP contribution in [0.5, 0.6) is 0 Å². The molecule has 1 aliphatic heterocycles. The normalized spacial score (nSPS) is 29.7. The van der Waals surface area contributed by atoms with Crippen molar-refractivity contribution in [3.8, 4) is 0 Å². The van der Waals surface area contributed by atoms with Crippen molar-refractivity contribution in [3.63, 3.8) is 0 Å². The number of rotatable bonds is 3. The van der Waals surface area contributed by atoms with Gasteiger partial charge in [0, 0.05) is 6.42 Å². The lowest BCUT2D eigenvalue weighted by atomic mass is 9.91. The van der Waals surface area contributed by atoms with E-state index in [4.69, 9.17) is 20.1 Å². The Morgan fingerprint density at radius 1 is 1.30 bits per heavy atom. The highest BCUT2D eigenvalue weighted by Crippen LogP contribution is 2.31. The van der Waals surface area contributed by atoms with Gasteiger partial charge in [0.1, 0.15) is 5.60 Å². The molecule has 10 heavy (non-hydrogen) atoms. The van der Waals surface area contributed by atoms with Crippen LogP contribution >= 0.6 is 0 Å². The molecular formula is C6H12O4. The first-order chi connectivity index (χ1) is 4.76. The Morgan fingerprint density at radius 3 is 2.10 bits per heavy atom. The minimum atomic E-state index is -0.770. The largest absolute Gasteiger partial charge is 0.394 e. The molecule has 60 valence electrons. The second kappa shape index (κ2) is 2.84. The molecule has 1 heterocycles. The van der Waals surface area contributed by atoms with Crippen LogP contribution < -0.4 is 0 Å². The van der Waals surface area contributed by atoms with Crippen molar-refractivity contribution in [3.05, 3.63) is 0 Å². The Hall–Kier alpha value is -0.160. The monoisotopic (exact) mass is 148 g/mol. The third-order valence-electron chi connectivity index (χ3n) is 1.80. The van der Waals surface area contributed by atoms with Crippen LogP contribution in [0.25, 0.3) is 0 Å². The van der Waals surface area contributed by atoms with Crippen molar-refractivity contribution in [1.29, 1.82) is 0 Å². The molecule has 3 N–H and O–H groups in total. The van der Waals surface area contributed by atoms with Gasteiger partial charge in [0.2, 0.25) is 0 Å². The maximum atomic E-state index is 8.68. The number of hydrogen-bond acceptors (Lipinski definition) is 4. The molecule has 0 aromatic rings. The summed E-state index contributed by atoms with van der Waals surface area (Å²) in [7, 11) is 0. The molecule has 0 saturated carbocycles. The average molecular weight is 148 g/mol. The Balaban J connectivity index is 2.31. The lowest BCUT2D eigenvalue weighted by Gasteiger charge is -2.44. The fraction of sp³-hybridized carbons (Fsp3) is 1.00. The van der Waals surface area contributed by atoms with Crippen LogP contribution in [-0.2, 0) is 4.74 Å². The number of ether oxygens (including phenoxy) is 1. The highest BCUT2D eigenvalue weighted by molar-refractivity contribution is 4.92. The van der Waals surface area contributed by atoms with E-state index in [1.54, 1.807) is 0 Å². The zero-order chi connectivity index (χ0) is 7.61. The van der Waals surface area contributed by atoms with Crippen molar-refractivity contribution in [2.24, 2.45) is 0 Å². The van der Waals surface area contributed by atoms with E-state index in [1.807, 2.05) is 0 Å². The third kappa shape index (κ3) is 1.15. The van der Waals surface area contributed by atoms with Crippen LogP contribution in [0.4, 0.5) is 0 Å². The van der Waals surface area contributed by atoms with Crippen molar-refractivity contribution in [2.45, 2.75) is 18.1 Å². The second-order valence-corrected chi connectivity index (χ2v) is 2.63. The highest BCUT2D eigenvalue weighted by Gasteiger charge is 2.44. The van der Waals surface area contributed by atoms with E-state index in [2.05, 4.69) is 0 Å². The zero-order valence-electron chi connectivity index (χ0n) is 5.66. The maximum Gasteiger partial charge on any atom is 0.117 e. The van der Waals surface area contributed by atoms with Gasteiger partial charge < -0.3 is 20.1 Å². The molecule has 0 aromatic carbocycles. The lowest BCUT2D eigenvalue weighted by molar-refractivity contribution is -0.247. The molecule has 0 radical (unpaired) electrons. The fourth-order valence-corrected chi connectivity index (χ4v) is 1.11. The molecule has 0 aromatic heterocycles. The fourth-order valence-electron chi connectivity index (χ4n) is 1.11. The predicted molar refractivity (Wildman–Crippen MR) is 33.5 cm³/mol. The van der Waals surface area contributed by atoms with Gasteiger partial charge in [0.05, 0.1) is 25.9 Å². The first-order valence-corrected chi connectivity index (χ1v) is 3.27. The average Bonchev–Trinajstić information content (AvgIpc) is 1.89. The molecule has 1 atom stereocenters. The molecule has 4 nitrogen and oxygen atoms in total. The molecule has 1 fully saturated rings. The summed E-state index contributed by atoms with van der Waals surface area (Å²) in [5.41, 5.74) is -0.770. The van der Waals surface area contributed by atoms with Gasteiger partial charge in [0.25, 0.3) is 0 Å². The zero-order valence-corrected chi connectivity index (χ0v) is 5.66. The standard InChI is InChI=1S/C6H12O4/c7-2-5-1-6(3-8,4-9)10-5/h5,7-9H,1-4H2. The van der Waals surface area contributed by atoms with Gasteiger partial charge in [-0.1, -0.05) is 0 Å². The molecule has 0 spiro atoms. The van der Waals surface area contributed by atoms with E-state index in [1.165, 1.54) is 0 Å². The summed E-state index contributed by atoms with van der Waals surface area (Å²) in [6, 6.07) is 0. The Bertz CT molecular complexity index is 102. The smallest absolute Gasteiger partial charge is 0.117 e. The predicted octanol–water partition coefficient (Wildman–Crippen LogP) is -1.51. The van der Waals surface area contributed by atoms with Crippen molar-refractivity contribution in [2.75, 3.05) is 19.8 Å². The molecule has 1 rings (SSSR count). The summed E-state index contributed by atoms with van der Waals surface area (Å²) >= 11 is 0. The van der Waals surface area contributed by atoms with Gasteiger partial charge in [-0.15, -0.1) is 0 Å². The van der Waals surface area contributed by atoms with E-state index in [0.29, 0.717) is 6.42 Å². The second-order valence-electron chi connectivity index (χ2n) is 2.63. The minimum absolute atomic E-state index is 0.0399. The summed E-state index contributed by atoms with van der Waals surface area (Å²) in [6.45, 7) is -0.401. The summed E-state index contributed by atoms with van der Waals surface area (Å²) in [6.07, 6.45) is 0.343. The van der Waals surface area contributed by atoms with Gasteiger partial charge in [-0.2, -0.15) is 0 Å². The summed E-state index contributed by atoms with van der Waals surface area (Å²) in [4.78, 5) is 0. The molecule has 4 heteroatoms.